The van der Waals surface area contributed by atoms with E-state index in [1.165, 1.54) is 12.1 Å². The molecule has 1 aliphatic rings. The van der Waals surface area contributed by atoms with E-state index in [1.807, 2.05) is 0 Å². The maximum atomic E-state index is 12.5. The monoisotopic (exact) mass is 180 g/mol. The molecule has 0 spiro atoms. The molecule has 3 heteroatoms. The molecule has 1 fully saturated rings. The van der Waals surface area contributed by atoms with Crippen LogP contribution < -0.4 is 5.32 Å². The van der Waals surface area contributed by atoms with Crippen LogP contribution in [0.4, 0.5) is 10.1 Å². The van der Waals surface area contributed by atoms with Crippen LogP contribution in [-0.2, 0) is 0 Å². The molecule has 0 bridgehead atoms. The number of hydrogen-bond acceptors (Lipinski definition) is 2. The predicted octanol–water partition coefficient (Wildman–Crippen LogP) is 1.55. The summed E-state index contributed by atoms with van der Waals surface area (Å²) in [4.78, 5) is 2.24. The Morgan fingerprint density at radius 3 is 2.46 bits per heavy atom. The summed E-state index contributed by atoms with van der Waals surface area (Å²) in [5.74, 6) is -0.184. The minimum absolute atomic E-state index is 0.184. The van der Waals surface area contributed by atoms with Gasteiger partial charge in [-0.25, -0.2) is 4.39 Å². The van der Waals surface area contributed by atoms with Gasteiger partial charge in [-0.3, -0.25) is 0 Å². The standard InChI is InChI=1S/C10H13FN2/c1-13-6-10(7-13)12-9-4-2-8(11)3-5-9/h2-5,10,12H,6-7H2,1H3. The maximum absolute atomic E-state index is 12.5. The van der Waals surface area contributed by atoms with Gasteiger partial charge < -0.3 is 10.2 Å². The van der Waals surface area contributed by atoms with Gasteiger partial charge in [-0.1, -0.05) is 0 Å². The van der Waals surface area contributed by atoms with Gasteiger partial charge in [0.2, 0.25) is 0 Å². The summed E-state index contributed by atoms with van der Waals surface area (Å²) in [6.45, 7) is 2.13. The van der Waals surface area contributed by atoms with E-state index in [0.717, 1.165) is 18.8 Å². The Morgan fingerprint density at radius 2 is 1.92 bits per heavy atom. The first-order chi connectivity index (χ1) is 6.24. The second-order valence-corrected chi connectivity index (χ2v) is 3.57. The summed E-state index contributed by atoms with van der Waals surface area (Å²) in [7, 11) is 2.09. The second kappa shape index (κ2) is 3.34. The first-order valence-corrected chi connectivity index (χ1v) is 4.45. The first-order valence-electron chi connectivity index (χ1n) is 4.45. The van der Waals surface area contributed by atoms with Crippen molar-refractivity contribution in [2.45, 2.75) is 6.04 Å². The zero-order valence-electron chi connectivity index (χ0n) is 7.63. The molecular weight excluding hydrogens is 167 g/mol. The van der Waals surface area contributed by atoms with E-state index < -0.39 is 0 Å². The summed E-state index contributed by atoms with van der Waals surface area (Å²) in [6.07, 6.45) is 0. The van der Waals surface area contributed by atoms with Gasteiger partial charge in [0.15, 0.2) is 0 Å². The molecule has 1 heterocycles. The number of benzene rings is 1. The minimum atomic E-state index is -0.184. The number of halogens is 1. The van der Waals surface area contributed by atoms with Crippen LogP contribution in [0.1, 0.15) is 0 Å². The molecule has 2 rings (SSSR count). The SMILES string of the molecule is CN1CC(Nc2ccc(F)cc2)C1. The summed E-state index contributed by atoms with van der Waals surface area (Å²) in [6, 6.07) is 7.02. The lowest BCUT2D eigenvalue weighted by Crippen LogP contribution is -2.52. The predicted molar refractivity (Wildman–Crippen MR) is 51.3 cm³/mol. The smallest absolute Gasteiger partial charge is 0.123 e. The van der Waals surface area contributed by atoms with Crippen LogP contribution in [0.15, 0.2) is 24.3 Å². The molecule has 1 aromatic rings. The van der Waals surface area contributed by atoms with Crippen LogP contribution in [0.5, 0.6) is 0 Å². The Hall–Kier alpha value is -1.09. The molecule has 1 saturated heterocycles. The van der Waals surface area contributed by atoms with E-state index in [9.17, 15) is 4.39 Å². The van der Waals surface area contributed by atoms with E-state index in [-0.39, 0.29) is 5.82 Å². The highest BCUT2D eigenvalue weighted by molar-refractivity contribution is 5.44. The summed E-state index contributed by atoms with van der Waals surface area (Å²) in [5, 5.41) is 3.33. The van der Waals surface area contributed by atoms with Gasteiger partial charge in [0.25, 0.3) is 0 Å². The van der Waals surface area contributed by atoms with Crippen molar-refractivity contribution in [1.82, 2.24) is 4.90 Å². The Labute approximate surface area is 77.4 Å². The zero-order valence-corrected chi connectivity index (χ0v) is 7.63. The quantitative estimate of drug-likeness (QED) is 0.743. The molecule has 1 aromatic carbocycles. The Morgan fingerprint density at radius 1 is 1.31 bits per heavy atom. The van der Waals surface area contributed by atoms with Gasteiger partial charge in [-0.15, -0.1) is 0 Å². The molecular formula is C10H13FN2. The third-order valence-electron chi connectivity index (χ3n) is 2.28. The molecule has 0 unspecified atom stereocenters. The third-order valence-corrected chi connectivity index (χ3v) is 2.28. The second-order valence-electron chi connectivity index (χ2n) is 3.57. The summed E-state index contributed by atoms with van der Waals surface area (Å²) < 4.78 is 12.5. The molecule has 1 N–H and O–H groups in total. The van der Waals surface area contributed by atoms with Crippen molar-refractivity contribution in [1.29, 1.82) is 0 Å². The van der Waals surface area contributed by atoms with Crippen molar-refractivity contribution in [3.8, 4) is 0 Å². The normalized spacial score (nSPS) is 18.3. The summed E-state index contributed by atoms with van der Waals surface area (Å²) >= 11 is 0. The van der Waals surface area contributed by atoms with Crippen molar-refractivity contribution >= 4 is 5.69 Å². The van der Waals surface area contributed by atoms with E-state index in [1.54, 1.807) is 12.1 Å². The van der Waals surface area contributed by atoms with Crippen LogP contribution in [0, 0.1) is 5.82 Å². The number of rotatable bonds is 2. The van der Waals surface area contributed by atoms with Gasteiger partial charge in [-0.2, -0.15) is 0 Å². The molecule has 0 atom stereocenters. The fourth-order valence-corrected chi connectivity index (χ4v) is 1.57. The Bertz CT molecular complexity index is 277. The molecule has 2 nitrogen and oxygen atoms in total. The lowest BCUT2D eigenvalue weighted by atomic mass is 10.1. The number of hydrogen-bond donors (Lipinski definition) is 1. The van der Waals surface area contributed by atoms with Crippen molar-refractivity contribution in [3.63, 3.8) is 0 Å². The highest BCUT2D eigenvalue weighted by atomic mass is 19.1. The summed E-state index contributed by atoms with van der Waals surface area (Å²) in [5.41, 5.74) is 1.000. The Kier molecular flexibility index (Phi) is 2.19. The molecule has 0 aliphatic carbocycles. The molecule has 13 heavy (non-hydrogen) atoms. The van der Waals surface area contributed by atoms with Crippen molar-refractivity contribution in [2.75, 3.05) is 25.5 Å². The van der Waals surface area contributed by atoms with E-state index in [0.29, 0.717) is 6.04 Å². The van der Waals surface area contributed by atoms with Crippen molar-refractivity contribution in [2.24, 2.45) is 0 Å². The molecule has 70 valence electrons. The number of likely N-dealkylation sites (tertiary alicyclic amines) is 1. The fourth-order valence-electron chi connectivity index (χ4n) is 1.57. The molecule has 0 amide bonds. The molecule has 0 saturated carbocycles. The van der Waals surface area contributed by atoms with E-state index in [2.05, 4.69) is 17.3 Å². The lowest BCUT2D eigenvalue weighted by Gasteiger charge is -2.37. The number of anilines is 1. The Balaban J connectivity index is 1.91. The van der Waals surface area contributed by atoms with Gasteiger partial charge in [0.05, 0.1) is 6.04 Å². The minimum Gasteiger partial charge on any atom is -0.380 e. The molecule has 0 radical (unpaired) electrons. The van der Waals surface area contributed by atoms with Crippen LogP contribution in [0.3, 0.4) is 0 Å². The first kappa shape index (κ1) is 8.51. The number of likely N-dealkylation sites (N-methyl/N-ethyl adjacent to an activating group) is 1. The number of nitrogens with zero attached hydrogens (tertiary/aromatic N) is 1. The van der Waals surface area contributed by atoms with Crippen molar-refractivity contribution in [3.05, 3.63) is 30.1 Å². The third kappa shape index (κ3) is 1.98. The maximum Gasteiger partial charge on any atom is 0.123 e. The highest BCUT2D eigenvalue weighted by Crippen LogP contribution is 2.14. The van der Waals surface area contributed by atoms with Crippen molar-refractivity contribution < 1.29 is 4.39 Å². The average Bonchev–Trinajstić information content (AvgIpc) is 2.06. The van der Waals surface area contributed by atoms with Gasteiger partial charge in [0.1, 0.15) is 5.82 Å². The van der Waals surface area contributed by atoms with Crippen LogP contribution in [0.25, 0.3) is 0 Å². The fraction of sp³-hybridized carbons (Fsp3) is 0.400. The molecule has 1 aliphatic heterocycles. The van der Waals surface area contributed by atoms with Gasteiger partial charge >= 0.3 is 0 Å². The molecule has 0 aromatic heterocycles. The number of nitrogens with one attached hydrogen (secondary N) is 1. The topological polar surface area (TPSA) is 15.3 Å². The van der Waals surface area contributed by atoms with Crippen LogP contribution in [0.2, 0.25) is 0 Å². The highest BCUT2D eigenvalue weighted by Gasteiger charge is 2.22. The average molecular weight is 180 g/mol. The lowest BCUT2D eigenvalue weighted by molar-refractivity contribution is 0.205. The largest absolute Gasteiger partial charge is 0.380 e. The zero-order chi connectivity index (χ0) is 9.26. The van der Waals surface area contributed by atoms with Gasteiger partial charge in [0, 0.05) is 18.8 Å². The van der Waals surface area contributed by atoms with Crippen LogP contribution in [-0.4, -0.2) is 31.1 Å². The van der Waals surface area contributed by atoms with Gasteiger partial charge in [-0.05, 0) is 31.3 Å². The van der Waals surface area contributed by atoms with E-state index in [4.69, 9.17) is 0 Å². The van der Waals surface area contributed by atoms with Crippen LogP contribution >= 0.6 is 0 Å². The van der Waals surface area contributed by atoms with E-state index >= 15 is 0 Å².